The smallest absolute Gasteiger partial charge is 0.261 e. The summed E-state index contributed by atoms with van der Waals surface area (Å²) in [7, 11) is 1.76. The standard InChI is InChI=1S/C23H29N3O2S/c1-4-6-9-14-26(21(27)16-17-11-10-15-29-17)20(5-2)22-24-19-13-8-7-12-18(19)23(28)25(22)3/h7-8,10-13,15,20H,4-6,9,14,16H2,1-3H3. The lowest BCUT2D eigenvalue weighted by atomic mass is 10.1. The lowest BCUT2D eigenvalue weighted by molar-refractivity contribution is -0.133. The van der Waals surface area contributed by atoms with Gasteiger partial charge in [-0.05, 0) is 36.4 Å². The lowest BCUT2D eigenvalue weighted by Gasteiger charge is -2.32. The van der Waals surface area contributed by atoms with E-state index >= 15 is 0 Å². The van der Waals surface area contributed by atoms with Crippen molar-refractivity contribution >= 4 is 28.1 Å². The molecule has 0 fully saturated rings. The number of fused-ring (bicyclic) bond motifs is 1. The van der Waals surface area contributed by atoms with E-state index < -0.39 is 0 Å². The normalized spacial score (nSPS) is 12.2. The monoisotopic (exact) mass is 411 g/mol. The fourth-order valence-electron chi connectivity index (χ4n) is 3.73. The quantitative estimate of drug-likeness (QED) is 0.479. The van der Waals surface area contributed by atoms with Gasteiger partial charge in [0.1, 0.15) is 5.82 Å². The number of thiophene rings is 1. The topological polar surface area (TPSA) is 55.2 Å². The van der Waals surface area contributed by atoms with Gasteiger partial charge in [-0.25, -0.2) is 4.98 Å². The van der Waals surface area contributed by atoms with Gasteiger partial charge in [0.15, 0.2) is 0 Å². The molecular formula is C23H29N3O2S. The van der Waals surface area contributed by atoms with E-state index in [0.717, 1.165) is 24.1 Å². The van der Waals surface area contributed by atoms with Crippen LogP contribution in [0.1, 0.15) is 56.3 Å². The summed E-state index contributed by atoms with van der Waals surface area (Å²) in [5, 5.41) is 2.60. The number of hydrogen-bond donors (Lipinski definition) is 0. The Kier molecular flexibility index (Phi) is 7.20. The molecule has 0 aliphatic rings. The Morgan fingerprint density at radius 3 is 2.66 bits per heavy atom. The highest BCUT2D eigenvalue weighted by Gasteiger charge is 2.27. The molecule has 1 atom stereocenters. The number of nitrogens with zero attached hydrogens (tertiary/aromatic N) is 3. The van der Waals surface area contributed by atoms with Gasteiger partial charge in [0.2, 0.25) is 5.91 Å². The number of aromatic nitrogens is 2. The van der Waals surface area contributed by atoms with Crippen LogP contribution in [0.4, 0.5) is 0 Å². The summed E-state index contributed by atoms with van der Waals surface area (Å²) in [4.78, 5) is 34.0. The summed E-state index contributed by atoms with van der Waals surface area (Å²) >= 11 is 1.60. The fourth-order valence-corrected chi connectivity index (χ4v) is 4.42. The molecule has 1 aromatic carbocycles. The molecule has 3 aromatic rings. The average Bonchev–Trinajstić information content (AvgIpc) is 3.23. The maximum absolute atomic E-state index is 13.3. The van der Waals surface area contributed by atoms with Gasteiger partial charge in [-0.15, -0.1) is 11.3 Å². The minimum atomic E-state index is -0.221. The molecule has 0 saturated carbocycles. The van der Waals surface area contributed by atoms with Crippen molar-refractivity contribution in [3.8, 4) is 0 Å². The molecule has 0 aliphatic heterocycles. The third kappa shape index (κ3) is 4.75. The summed E-state index contributed by atoms with van der Waals surface area (Å²) in [6, 6.07) is 11.2. The van der Waals surface area contributed by atoms with Crippen molar-refractivity contribution < 1.29 is 4.79 Å². The molecule has 0 bridgehead atoms. The van der Waals surface area contributed by atoms with Crippen molar-refractivity contribution in [1.82, 2.24) is 14.5 Å². The van der Waals surface area contributed by atoms with Crippen molar-refractivity contribution in [1.29, 1.82) is 0 Å². The van der Waals surface area contributed by atoms with Crippen molar-refractivity contribution in [2.24, 2.45) is 7.05 Å². The lowest BCUT2D eigenvalue weighted by Crippen LogP contribution is -2.39. The maximum atomic E-state index is 13.3. The third-order valence-corrected chi connectivity index (χ3v) is 6.18. The van der Waals surface area contributed by atoms with Gasteiger partial charge >= 0.3 is 0 Å². The number of benzene rings is 1. The second kappa shape index (κ2) is 9.83. The Labute approximate surface area is 176 Å². The second-order valence-corrected chi connectivity index (χ2v) is 8.36. The minimum absolute atomic E-state index is 0.0664. The highest BCUT2D eigenvalue weighted by atomic mass is 32.1. The maximum Gasteiger partial charge on any atom is 0.261 e. The molecule has 6 heteroatoms. The van der Waals surface area contributed by atoms with E-state index in [1.54, 1.807) is 29.0 Å². The molecule has 0 N–H and O–H groups in total. The van der Waals surface area contributed by atoms with Crippen LogP contribution in [0.2, 0.25) is 0 Å². The van der Waals surface area contributed by atoms with E-state index in [1.807, 2.05) is 40.6 Å². The minimum Gasteiger partial charge on any atom is -0.332 e. The molecule has 0 radical (unpaired) electrons. The van der Waals surface area contributed by atoms with Crippen molar-refractivity contribution in [2.75, 3.05) is 6.54 Å². The van der Waals surface area contributed by atoms with Gasteiger partial charge in [-0.3, -0.25) is 14.2 Å². The van der Waals surface area contributed by atoms with Crippen LogP contribution >= 0.6 is 11.3 Å². The van der Waals surface area contributed by atoms with Gasteiger partial charge in [-0.1, -0.05) is 44.9 Å². The molecule has 29 heavy (non-hydrogen) atoms. The summed E-state index contributed by atoms with van der Waals surface area (Å²) < 4.78 is 1.61. The first-order valence-corrected chi connectivity index (χ1v) is 11.2. The SMILES string of the molecule is CCCCCN(C(=O)Cc1cccs1)C(CC)c1nc2ccccc2c(=O)n1C. The first-order valence-electron chi connectivity index (χ1n) is 10.3. The molecule has 0 aliphatic carbocycles. The molecule has 1 amide bonds. The number of amides is 1. The van der Waals surface area contributed by atoms with Crippen LogP contribution in [-0.2, 0) is 18.3 Å². The summed E-state index contributed by atoms with van der Waals surface area (Å²) in [6.07, 6.45) is 4.22. The highest BCUT2D eigenvalue weighted by Crippen LogP contribution is 2.25. The van der Waals surface area contributed by atoms with E-state index in [4.69, 9.17) is 4.98 Å². The third-order valence-electron chi connectivity index (χ3n) is 5.31. The summed E-state index contributed by atoms with van der Waals surface area (Å²) in [5.74, 6) is 0.755. The van der Waals surface area contributed by atoms with Crippen LogP contribution in [0.15, 0.2) is 46.6 Å². The average molecular weight is 412 g/mol. The first kappa shape index (κ1) is 21.2. The van der Waals surface area contributed by atoms with E-state index in [1.165, 1.54) is 0 Å². The number of carbonyl (C=O) groups excluding carboxylic acids is 1. The van der Waals surface area contributed by atoms with Gasteiger partial charge in [0.05, 0.1) is 23.4 Å². The van der Waals surface area contributed by atoms with E-state index in [0.29, 0.717) is 36.1 Å². The number of carbonyl (C=O) groups is 1. The van der Waals surface area contributed by atoms with Gasteiger partial charge in [0.25, 0.3) is 5.56 Å². The van der Waals surface area contributed by atoms with Crippen molar-refractivity contribution in [3.05, 3.63) is 62.8 Å². The van der Waals surface area contributed by atoms with Crippen LogP contribution < -0.4 is 5.56 Å². The van der Waals surface area contributed by atoms with Crippen LogP contribution in [0, 0.1) is 0 Å². The van der Waals surface area contributed by atoms with Crippen LogP contribution in [-0.4, -0.2) is 26.9 Å². The largest absolute Gasteiger partial charge is 0.332 e. The second-order valence-electron chi connectivity index (χ2n) is 7.33. The van der Waals surface area contributed by atoms with E-state index in [9.17, 15) is 9.59 Å². The zero-order valence-corrected chi connectivity index (χ0v) is 18.2. The number of para-hydroxylation sites is 1. The Hall–Kier alpha value is -2.47. The van der Waals surface area contributed by atoms with Crippen LogP contribution in [0.25, 0.3) is 10.9 Å². The Balaban J connectivity index is 2.00. The van der Waals surface area contributed by atoms with Crippen molar-refractivity contribution in [3.63, 3.8) is 0 Å². The van der Waals surface area contributed by atoms with E-state index in [-0.39, 0.29) is 17.5 Å². The Bertz CT molecular complexity index is 1010. The van der Waals surface area contributed by atoms with Gasteiger partial charge < -0.3 is 4.90 Å². The fraction of sp³-hybridized carbons (Fsp3) is 0.435. The molecule has 0 saturated heterocycles. The highest BCUT2D eigenvalue weighted by molar-refractivity contribution is 7.10. The van der Waals surface area contributed by atoms with Crippen LogP contribution in [0.3, 0.4) is 0 Å². The van der Waals surface area contributed by atoms with E-state index in [2.05, 4.69) is 13.8 Å². The zero-order valence-electron chi connectivity index (χ0n) is 17.4. The van der Waals surface area contributed by atoms with Gasteiger partial charge in [0, 0.05) is 18.5 Å². The Morgan fingerprint density at radius 2 is 1.97 bits per heavy atom. The van der Waals surface area contributed by atoms with Crippen LogP contribution in [0.5, 0.6) is 0 Å². The van der Waals surface area contributed by atoms with Gasteiger partial charge in [-0.2, -0.15) is 0 Å². The Morgan fingerprint density at radius 1 is 1.17 bits per heavy atom. The molecule has 2 heterocycles. The molecule has 3 rings (SSSR count). The molecule has 5 nitrogen and oxygen atoms in total. The van der Waals surface area contributed by atoms with Crippen molar-refractivity contribution in [2.45, 2.75) is 52.0 Å². The molecule has 154 valence electrons. The molecular weight excluding hydrogens is 382 g/mol. The number of unbranched alkanes of at least 4 members (excludes halogenated alkanes) is 2. The zero-order chi connectivity index (χ0) is 20.8. The summed E-state index contributed by atoms with van der Waals surface area (Å²) in [6.45, 7) is 4.89. The predicted molar refractivity (Wildman–Crippen MR) is 119 cm³/mol. The first-order chi connectivity index (χ1) is 14.1. The molecule has 2 aromatic heterocycles. The molecule has 1 unspecified atom stereocenters. The number of rotatable bonds is 9. The number of hydrogen-bond acceptors (Lipinski definition) is 4. The summed E-state index contributed by atoms with van der Waals surface area (Å²) in [5.41, 5.74) is 0.617. The predicted octanol–water partition coefficient (Wildman–Crippen LogP) is 4.71. The molecule has 0 spiro atoms.